The SMILES string of the molecule is CCC1NC(c2cccc(OC)c2)N(C(CC)CC)C1=O. The predicted octanol–water partition coefficient (Wildman–Crippen LogP) is 3.09. The lowest BCUT2D eigenvalue weighted by molar-refractivity contribution is -0.132. The molecule has 21 heavy (non-hydrogen) atoms. The third kappa shape index (κ3) is 3.05. The smallest absolute Gasteiger partial charge is 0.241 e. The molecule has 2 unspecified atom stereocenters. The van der Waals surface area contributed by atoms with Crippen LogP contribution in [0.25, 0.3) is 0 Å². The maximum Gasteiger partial charge on any atom is 0.241 e. The minimum absolute atomic E-state index is 0.0533. The molecule has 4 nitrogen and oxygen atoms in total. The summed E-state index contributed by atoms with van der Waals surface area (Å²) in [6.45, 7) is 6.33. The van der Waals surface area contributed by atoms with Crippen molar-refractivity contribution < 1.29 is 9.53 Å². The summed E-state index contributed by atoms with van der Waals surface area (Å²) < 4.78 is 5.31. The van der Waals surface area contributed by atoms with Crippen LogP contribution in [0.15, 0.2) is 24.3 Å². The van der Waals surface area contributed by atoms with E-state index in [2.05, 4.69) is 32.2 Å². The Morgan fingerprint density at radius 2 is 2.00 bits per heavy atom. The molecular weight excluding hydrogens is 264 g/mol. The molecule has 2 rings (SSSR count). The van der Waals surface area contributed by atoms with Crippen molar-refractivity contribution in [3.05, 3.63) is 29.8 Å². The highest BCUT2D eigenvalue weighted by Crippen LogP contribution is 2.32. The lowest BCUT2D eigenvalue weighted by Gasteiger charge is -2.32. The van der Waals surface area contributed by atoms with Crippen LogP contribution in [0.3, 0.4) is 0 Å². The summed E-state index contributed by atoms with van der Waals surface area (Å²) in [5, 5.41) is 3.48. The molecule has 1 saturated heterocycles. The van der Waals surface area contributed by atoms with Gasteiger partial charge in [0.25, 0.3) is 0 Å². The van der Waals surface area contributed by atoms with Crippen LogP contribution < -0.4 is 10.1 Å². The fraction of sp³-hybridized carbons (Fsp3) is 0.588. The standard InChI is InChI=1S/C17H26N2O2/c1-5-13(6-2)19-16(18-15(7-3)17(19)20)12-9-8-10-14(11-12)21-4/h8-11,13,15-16,18H,5-7H2,1-4H3. The number of benzene rings is 1. The van der Waals surface area contributed by atoms with Gasteiger partial charge in [-0.3, -0.25) is 10.1 Å². The normalized spacial score (nSPS) is 22.1. The van der Waals surface area contributed by atoms with Crippen LogP contribution in [0, 0.1) is 0 Å². The Morgan fingerprint density at radius 3 is 2.57 bits per heavy atom. The van der Waals surface area contributed by atoms with Gasteiger partial charge in [-0.2, -0.15) is 0 Å². The third-order valence-corrected chi connectivity index (χ3v) is 4.34. The summed E-state index contributed by atoms with van der Waals surface area (Å²) in [6.07, 6.45) is 2.71. The second-order valence-corrected chi connectivity index (χ2v) is 5.52. The van der Waals surface area contributed by atoms with E-state index in [0.29, 0.717) is 0 Å². The van der Waals surface area contributed by atoms with Crippen molar-refractivity contribution in [3.63, 3.8) is 0 Å². The predicted molar refractivity (Wildman–Crippen MR) is 84.2 cm³/mol. The highest BCUT2D eigenvalue weighted by Gasteiger charge is 2.41. The second-order valence-electron chi connectivity index (χ2n) is 5.52. The van der Waals surface area contributed by atoms with Gasteiger partial charge in [0.05, 0.1) is 13.2 Å². The van der Waals surface area contributed by atoms with E-state index in [1.807, 2.05) is 23.1 Å². The Bertz CT molecular complexity index is 485. The van der Waals surface area contributed by atoms with Crippen molar-refractivity contribution in [2.45, 2.75) is 58.3 Å². The van der Waals surface area contributed by atoms with E-state index in [9.17, 15) is 4.79 Å². The van der Waals surface area contributed by atoms with Crippen LogP contribution in [0.5, 0.6) is 5.75 Å². The molecule has 0 aromatic heterocycles. The number of hydrogen-bond donors (Lipinski definition) is 1. The van der Waals surface area contributed by atoms with E-state index in [4.69, 9.17) is 4.74 Å². The Balaban J connectivity index is 2.35. The number of carbonyl (C=O) groups excluding carboxylic acids is 1. The summed E-state index contributed by atoms with van der Waals surface area (Å²) in [6, 6.07) is 8.17. The fourth-order valence-corrected chi connectivity index (χ4v) is 3.08. The summed E-state index contributed by atoms with van der Waals surface area (Å²) in [5.74, 6) is 1.05. The molecule has 1 aromatic rings. The summed E-state index contributed by atoms with van der Waals surface area (Å²) in [7, 11) is 1.67. The van der Waals surface area contributed by atoms with Crippen molar-refractivity contribution >= 4 is 5.91 Å². The first kappa shape index (κ1) is 15.8. The van der Waals surface area contributed by atoms with Crippen LogP contribution >= 0.6 is 0 Å². The largest absolute Gasteiger partial charge is 0.497 e. The Labute approximate surface area is 127 Å². The van der Waals surface area contributed by atoms with Gasteiger partial charge in [0.15, 0.2) is 0 Å². The number of amides is 1. The highest BCUT2D eigenvalue weighted by molar-refractivity contribution is 5.84. The van der Waals surface area contributed by atoms with Gasteiger partial charge < -0.3 is 9.64 Å². The molecule has 4 heteroatoms. The Kier molecular flexibility index (Phi) is 5.23. The van der Waals surface area contributed by atoms with Crippen molar-refractivity contribution in [2.24, 2.45) is 0 Å². The molecule has 0 radical (unpaired) electrons. The first-order valence-corrected chi connectivity index (χ1v) is 7.88. The lowest BCUT2D eigenvalue weighted by Crippen LogP contribution is -2.39. The van der Waals surface area contributed by atoms with Gasteiger partial charge in [-0.05, 0) is 37.0 Å². The number of nitrogens with one attached hydrogen (secondary N) is 1. The summed E-state index contributed by atoms with van der Waals surface area (Å²) in [4.78, 5) is 14.7. The molecule has 1 heterocycles. The van der Waals surface area contributed by atoms with Crippen LogP contribution in [0.4, 0.5) is 0 Å². The highest BCUT2D eigenvalue weighted by atomic mass is 16.5. The average Bonchev–Trinajstić information content (AvgIpc) is 2.86. The fourth-order valence-electron chi connectivity index (χ4n) is 3.08. The molecule has 1 aromatic carbocycles. The topological polar surface area (TPSA) is 41.6 Å². The van der Waals surface area contributed by atoms with E-state index in [1.165, 1.54) is 0 Å². The van der Waals surface area contributed by atoms with Gasteiger partial charge in [-0.1, -0.05) is 32.9 Å². The lowest BCUT2D eigenvalue weighted by atomic mass is 10.1. The molecule has 1 N–H and O–H groups in total. The number of methoxy groups -OCH3 is 1. The molecule has 1 fully saturated rings. The van der Waals surface area contributed by atoms with Crippen LogP contribution in [-0.2, 0) is 4.79 Å². The van der Waals surface area contributed by atoms with E-state index >= 15 is 0 Å². The molecule has 0 bridgehead atoms. The average molecular weight is 290 g/mol. The molecule has 1 amide bonds. The number of carbonyl (C=O) groups is 1. The van der Waals surface area contributed by atoms with E-state index in [1.54, 1.807) is 7.11 Å². The summed E-state index contributed by atoms with van der Waals surface area (Å²) >= 11 is 0. The molecule has 0 saturated carbocycles. The zero-order valence-electron chi connectivity index (χ0n) is 13.4. The van der Waals surface area contributed by atoms with Gasteiger partial charge in [0, 0.05) is 6.04 Å². The van der Waals surface area contributed by atoms with Crippen molar-refractivity contribution in [2.75, 3.05) is 7.11 Å². The maximum atomic E-state index is 12.7. The molecule has 0 spiro atoms. The third-order valence-electron chi connectivity index (χ3n) is 4.34. The van der Waals surface area contributed by atoms with E-state index in [0.717, 1.165) is 30.6 Å². The van der Waals surface area contributed by atoms with Crippen LogP contribution in [-0.4, -0.2) is 30.0 Å². The summed E-state index contributed by atoms with van der Waals surface area (Å²) in [5.41, 5.74) is 1.09. The minimum atomic E-state index is -0.0817. The molecule has 1 aliphatic rings. The van der Waals surface area contributed by atoms with Crippen LogP contribution in [0.1, 0.15) is 51.8 Å². The number of nitrogens with zero attached hydrogens (tertiary/aromatic N) is 1. The Morgan fingerprint density at radius 1 is 1.29 bits per heavy atom. The Hall–Kier alpha value is -1.55. The second kappa shape index (κ2) is 6.94. The van der Waals surface area contributed by atoms with Crippen molar-refractivity contribution in [1.82, 2.24) is 10.2 Å². The zero-order valence-corrected chi connectivity index (χ0v) is 13.4. The number of rotatable bonds is 6. The number of hydrogen-bond acceptors (Lipinski definition) is 3. The minimum Gasteiger partial charge on any atom is -0.497 e. The maximum absolute atomic E-state index is 12.7. The van der Waals surface area contributed by atoms with E-state index < -0.39 is 0 Å². The molecular formula is C17H26N2O2. The zero-order chi connectivity index (χ0) is 15.4. The first-order chi connectivity index (χ1) is 10.2. The van der Waals surface area contributed by atoms with Crippen molar-refractivity contribution in [3.8, 4) is 5.75 Å². The molecule has 1 aliphatic heterocycles. The molecule has 2 atom stereocenters. The van der Waals surface area contributed by atoms with E-state index in [-0.39, 0.29) is 24.2 Å². The van der Waals surface area contributed by atoms with Gasteiger partial charge in [0.2, 0.25) is 5.91 Å². The monoisotopic (exact) mass is 290 g/mol. The van der Waals surface area contributed by atoms with Gasteiger partial charge in [-0.25, -0.2) is 0 Å². The quantitative estimate of drug-likeness (QED) is 0.875. The molecule has 116 valence electrons. The first-order valence-electron chi connectivity index (χ1n) is 7.88. The van der Waals surface area contributed by atoms with Gasteiger partial charge in [-0.15, -0.1) is 0 Å². The van der Waals surface area contributed by atoms with Gasteiger partial charge in [0.1, 0.15) is 11.9 Å². The van der Waals surface area contributed by atoms with Gasteiger partial charge >= 0.3 is 0 Å². The van der Waals surface area contributed by atoms with Crippen LogP contribution in [0.2, 0.25) is 0 Å². The van der Waals surface area contributed by atoms with Crippen molar-refractivity contribution in [1.29, 1.82) is 0 Å². The molecule has 0 aliphatic carbocycles. The number of ether oxygens (including phenoxy) is 1.